The van der Waals surface area contributed by atoms with Crippen LogP contribution in [0.4, 0.5) is 0 Å². The van der Waals surface area contributed by atoms with Crippen molar-refractivity contribution >= 4 is 0 Å². The van der Waals surface area contributed by atoms with Gasteiger partial charge in [0.25, 0.3) is 0 Å². The van der Waals surface area contributed by atoms with Gasteiger partial charge in [-0.3, -0.25) is 0 Å². The van der Waals surface area contributed by atoms with Gasteiger partial charge >= 0.3 is 0 Å². The van der Waals surface area contributed by atoms with Gasteiger partial charge in [-0.15, -0.1) is 0 Å². The molecule has 23 heavy (non-hydrogen) atoms. The number of aliphatic hydroxyl groups excluding tert-OH is 1. The van der Waals surface area contributed by atoms with Crippen molar-refractivity contribution in [2.75, 3.05) is 0 Å². The van der Waals surface area contributed by atoms with Crippen LogP contribution in [0.3, 0.4) is 0 Å². The van der Waals surface area contributed by atoms with Crippen molar-refractivity contribution in [3.8, 4) is 0 Å². The highest BCUT2D eigenvalue weighted by Gasteiger charge is 2.31. The Morgan fingerprint density at radius 3 is 2.30 bits per heavy atom. The molecule has 0 heterocycles. The minimum atomic E-state index is -0.200. The van der Waals surface area contributed by atoms with E-state index in [9.17, 15) is 5.11 Å². The zero-order valence-corrected chi connectivity index (χ0v) is 15.6. The van der Waals surface area contributed by atoms with Crippen LogP contribution in [-0.2, 0) is 0 Å². The SMILES string of the molecule is C/C=C/C=C(C)/C=C/C=C(C)/C=C/C1=C(C)C[C@@H](O)CC1(C)C. The molecule has 0 aromatic heterocycles. The largest absolute Gasteiger partial charge is 0.393 e. The fraction of sp³-hybridized carbons (Fsp3) is 0.455. The molecule has 126 valence electrons. The van der Waals surface area contributed by atoms with Crippen molar-refractivity contribution in [2.45, 2.75) is 60.5 Å². The Kier molecular flexibility index (Phi) is 7.51. The molecule has 0 saturated heterocycles. The maximum Gasteiger partial charge on any atom is 0.0585 e. The third-order valence-electron chi connectivity index (χ3n) is 4.26. The van der Waals surface area contributed by atoms with Crippen LogP contribution in [0.15, 0.2) is 70.9 Å². The molecule has 0 spiro atoms. The van der Waals surface area contributed by atoms with Crippen LogP contribution in [0.5, 0.6) is 0 Å². The highest BCUT2D eigenvalue weighted by molar-refractivity contribution is 5.37. The van der Waals surface area contributed by atoms with E-state index in [0.717, 1.165) is 12.8 Å². The molecule has 1 aliphatic rings. The third kappa shape index (κ3) is 6.58. The summed E-state index contributed by atoms with van der Waals surface area (Å²) in [6, 6.07) is 0. The minimum absolute atomic E-state index is 0.0418. The van der Waals surface area contributed by atoms with Crippen LogP contribution in [0, 0.1) is 5.41 Å². The van der Waals surface area contributed by atoms with Crippen LogP contribution in [0.25, 0.3) is 0 Å². The lowest BCUT2D eigenvalue weighted by molar-refractivity contribution is 0.116. The van der Waals surface area contributed by atoms with E-state index >= 15 is 0 Å². The molecule has 1 heteroatoms. The van der Waals surface area contributed by atoms with Crippen LogP contribution >= 0.6 is 0 Å². The first-order valence-electron chi connectivity index (χ1n) is 8.47. The first kappa shape index (κ1) is 19.4. The zero-order chi connectivity index (χ0) is 17.5. The van der Waals surface area contributed by atoms with E-state index in [1.165, 1.54) is 22.3 Å². The number of aliphatic hydroxyl groups is 1. The Labute approximate surface area is 142 Å². The van der Waals surface area contributed by atoms with Crippen LogP contribution in [0.1, 0.15) is 54.4 Å². The second-order valence-electron chi connectivity index (χ2n) is 7.18. The topological polar surface area (TPSA) is 20.2 Å². The summed E-state index contributed by atoms with van der Waals surface area (Å²) in [5.74, 6) is 0. The van der Waals surface area contributed by atoms with E-state index in [2.05, 4.69) is 71.1 Å². The van der Waals surface area contributed by atoms with E-state index in [1.807, 2.05) is 19.1 Å². The van der Waals surface area contributed by atoms with E-state index in [0.29, 0.717) is 0 Å². The fourth-order valence-corrected chi connectivity index (χ4v) is 3.11. The highest BCUT2D eigenvalue weighted by atomic mass is 16.3. The third-order valence-corrected chi connectivity index (χ3v) is 4.26. The van der Waals surface area contributed by atoms with E-state index in [-0.39, 0.29) is 11.5 Å². The normalized spacial score (nSPS) is 23.7. The Morgan fingerprint density at radius 2 is 1.70 bits per heavy atom. The molecule has 0 amide bonds. The second kappa shape index (κ2) is 8.88. The summed E-state index contributed by atoms with van der Waals surface area (Å²) in [4.78, 5) is 0. The van der Waals surface area contributed by atoms with Gasteiger partial charge in [0, 0.05) is 0 Å². The smallest absolute Gasteiger partial charge is 0.0585 e. The maximum absolute atomic E-state index is 9.95. The standard InChI is InChI=1S/C22H32O/c1-7-8-10-17(2)11-9-12-18(3)13-14-21-19(4)15-20(23)16-22(21,5)6/h7-14,20,23H,15-16H2,1-6H3/b8-7+,11-9+,14-13+,17-10+,18-12+/t20-/m1/s1. The first-order chi connectivity index (χ1) is 10.8. The quantitative estimate of drug-likeness (QED) is 0.611. The molecule has 0 aromatic rings. The summed E-state index contributed by atoms with van der Waals surface area (Å²) in [6.07, 6.45) is 18.3. The van der Waals surface area contributed by atoms with Gasteiger partial charge in [0.1, 0.15) is 0 Å². The number of rotatable bonds is 5. The summed E-state index contributed by atoms with van der Waals surface area (Å²) < 4.78 is 0. The van der Waals surface area contributed by atoms with Gasteiger partial charge < -0.3 is 5.11 Å². The number of hydrogen-bond acceptors (Lipinski definition) is 1. The fourth-order valence-electron chi connectivity index (χ4n) is 3.11. The van der Waals surface area contributed by atoms with Crippen LogP contribution < -0.4 is 0 Å². The Hall–Kier alpha value is -1.60. The highest BCUT2D eigenvalue weighted by Crippen LogP contribution is 2.40. The van der Waals surface area contributed by atoms with Gasteiger partial charge in [-0.25, -0.2) is 0 Å². The molecule has 0 saturated carbocycles. The van der Waals surface area contributed by atoms with Crippen molar-refractivity contribution in [3.63, 3.8) is 0 Å². The summed E-state index contributed by atoms with van der Waals surface area (Å²) in [5.41, 5.74) is 5.17. The Morgan fingerprint density at radius 1 is 1.09 bits per heavy atom. The van der Waals surface area contributed by atoms with Crippen LogP contribution in [-0.4, -0.2) is 11.2 Å². The van der Waals surface area contributed by atoms with Crippen LogP contribution in [0.2, 0.25) is 0 Å². The van der Waals surface area contributed by atoms with Gasteiger partial charge in [0.15, 0.2) is 0 Å². The monoisotopic (exact) mass is 312 g/mol. The summed E-state index contributed by atoms with van der Waals surface area (Å²) in [7, 11) is 0. The predicted octanol–water partition coefficient (Wildman–Crippen LogP) is 6.06. The average Bonchev–Trinajstić information content (AvgIpc) is 2.43. The lowest BCUT2D eigenvalue weighted by atomic mass is 9.71. The summed E-state index contributed by atoms with van der Waals surface area (Å²) in [6.45, 7) is 12.8. The van der Waals surface area contributed by atoms with Crippen molar-refractivity contribution in [1.29, 1.82) is 0 Å². The number of allylic oxidation sites excluding steroid dienone is 11. The predicted molar refractivity (Wildman–Crippen MR) is 102 cm³/mol. The zero-order valence-electron chi connectivity index (χ0n) is 15.6. The molecule has 0 unspecified atom stereocenters. The molecular formula is C22H32O. The van der Waals surface area contributed by atoms with E-state index < -0.39 is 0 Å². The molecule has 1 atom stereocenters. The van der Waals surface area contributed by atoms with Gasteiger partial charge in [0.05, 0.1) is 6.10 Å². The molecule has 1 aliphatic carbocycles. The first-order valence-corrected chi connectivity index (χ1v) is 8.47. The molecule has 1 rings (SSSR count). The molecule has 0 bridgehead atoms. The maximum atomic E-state index is 9.95. The number of hydrogen-bond donors (Lipinski definition) is 1. The minimum Gasteiger partial charge on any atom is -0.393 e. The van der Waals surface area contributed by atoms with Gasteiger partial charge in [0.2, 0.25) is 0 Å². The van der Waals surface area contributed by atoms with Crippen molar-refractivity contribution < 1.29 is 5.11 Å². The molecule has 0 fully saturated rings. The van der Waals surface area contributed by atoms with Gasteiger partial charge in [-0.2, -0.15) is 0 Å². The second-order valence-corrected chi connectivity index (χ2v) is 7.18. The van der Waals surface area contributed by atoms with Crippen molar-refractivity contribution in [2.24, 2.45) is 5.41 Å². The average molecular weight is 312 g/mol. The summed E-state index contributed by atoms with van der Waals surface area (Å²) >= 11 is 0. The summed E-state index contributed by atoms with van der Waals surface area (Å²) in [5, 5.41) is 9.95. The lowest BCUT2D eigenvalue weighted by Gasteiger charge is -2.35. The molecule has 0 radical (unpaired) electrons. The molecule has 1 N–H and O–H groups in total. The molecule has 0 aliphatic heterocycles. The lowest BCUT2D eigenvalue weighted by Crippen LogP contribution is -2.28. The molecule has 1 nitrogen and oxygen atoms in total. The van der Waals surface area contributed by atoms with Crippen molar-refractivity contribution in [3.05, 3.63) is 70.9 Å². The Bertz CT molecular complexity index is 577. The molecular weight excluding hydrogens is 280 g/mol. The van der Waals surface area contributed by atoms with Crippen molar-refractivity contribution in [1.82, 2.24) is 0 Å². The Balaban J connectivity index is 2.82. The molecule has 0 aromatic carbocycles. The van der Waals surface area contributed by atoms with Gasteiger partial charge in [-0.1, -0.05) is 79.2 Å². The van der Waals surface area contributed by atoms with E-state index in [4.69, 9.17) is 0 Å². The van der Waals surface area contributed by atoms with E-state index in [1.54, 1.807) is 0 Å². The van der Waals surface area contributed by atoms with Gasteiger partial charge in [-0.05, 0) is 51.5 Å².